The fourth-order valence-electron chi connectivity index (χ4n) is 4.62. The summed E-state index contributed by atoms with van der Waals surface area (Å²) in [5.74, 6) is 0.0355. The van der Waals surface area contributed by atoms with Crippen LogP contribution >= 0.6 is 11.6 Å². The van der Waals surface area contributed by atoms with Gasteiger partial charge < -0.3 is 10.5 Å². The lowest BCUT2D eigenvalue weighted by Crippen LogP contribution is -2.51. The Balaban J connectivity index is 1.63. The molecule has 9 heteroatoms. The highest BCUT2D eigenvalue weighted by Crippen LogP contribution is 2.50. The maximum atomic E-state index is 13.5. The van der Waals surface area contributed by atoms with E-state index in [4.69, 9.17) is 22.1 Å². The first kappa shape index (κ1) is 21.3. The molecule has 0 bridgehead atoms. The fraction of sp³-hybridized carbons (Fsp3) is 0.250. The zero-order valence-electron chi connectivity index (χ0n) is 18.0. The van der Waals surface area contributed by atoms with Crippen LogP contribution in [0.15, 0.2) is 60.0 Å². The number of ether oxygens (including phenoxy) is 1. The van der Waals surface area contributed by atoms with Gasteiger partial charge in [0, 0.05) is 43.4 Å². The lowest BCUT2D eigenvalue weighted by Gasteiger charge is -2.43. The second kappa shape index (κ2) is 7.52. The molecule has 2 aliphatic heterocycles. The van der Waals surface area contributed by atoms with E-state index >= 15 is 0 Å². The average Bonchev–Trinajstić information content (AvgIpc) is 2.99. The van der Waals surface area contributed by atoms with E-state index in [0.717, 1.165) is 5.56 Å². The molecular weight excluding hydrogens is 445 g/mol. The number of carbonyl (C=O) groups is 1. The van der Waals surface area contributed by atoms with Crippen molar-refractivity contribution in [3.05, 3.63) is 77.0 Å². The lowest BCUT2D eigenvalue weighted by molar-refractivity contribution is -0.133. The van der Waals surface area contributed by atoms with Crippen molar-refractivity contribution in [1.29, 1.82) is 0 Å². The third-order valence-electron chi connectivity index (χ3n) is 6.10. The third-order valence-corrected chi connectivity index (χ3v) is 6.31. The summed E-state index contributed by atoms with van der Waals surface area (Å²) in [4.78, 5) is 28.2. The van der Waals surface area contributed by atoms with Crippen molar-refractivity contribution < 1.29 is 13.9 Å². The molecule has 5 rings (SSSR count). The molecule has 3 aromatic rings. The van der Waals surface area contributed by atoms with Gasteiger partial charge in [-0.25, -0.2) is 9.38 Å². The third kappa shape index (κ3) is 3.60. The number of amides is 1. The molecule has 7 nitrogen and oxygen atoms in total. The lowest BCUT2D eigenvalue weighted by atomic mass is 9.75. The van der Waals surface area contributed by atoms with Crippen molar-refractivity contribution in [3.8, 4) is 17.0 Å². The molecule has 168 valence electrons. The fourth-order valence-corrected chi connectivity index (χ4v) is 4.79. The minimum Gasteiger partial charge on any atom is -0.485 e. The van der Waals surface area contributed by atoms with E-state index in [0.29, 0.717) is 34.0 Å². The number of rotatable bonds is 3. The summed E-state index contributed by atoms with van der Waals surface area (Å²) >= 11 is 6.11. The summed E-state index contributed by atoms with van der Waals surface area (Å²) in [6.07, 6.45) is 5.48. The minimum atomic E-state index is -1.26. The summed E-state index contributed by atoms with van der Waals surface area (Å²) < 4.78 is 19.8. The van der Waals surface area contributed by atoms with Crippen molar-refractivity contribution >= 4 is 23.5 Å². The Morgan fingerprint density at radius 2 is 1.97 bits per heavy atom. The largest absolute Gasteiger partial charge is 0.485 e. The van der Waals surface area contributed by atoms with E-state index in [2.05, 4.69) is 15.0 Å². The van der Waals surface area contributed by atoms with Gasteiger partial charge in [-0.1, -0.05) is 23.7 Å². The molecule has 2 aliphatic rings. The normalized spacial score (nSPS) is 23.9. The van der Waals surface area contributed by atoms with Crippen LogP contribution in [0.25, 0.3) is 11.3 Å². The summed E-state index contributed by atoms with van der Waals surface area (Å²) in [5, 5.41) is 0.476. The molecule has 1 amide bonds. The molecule has 1 spiro atoms. The first-order chi connectivity index (χ1) is 15.7. The van der Waals surface area contributed by atoms with E-state index < -0.39 is 11.1 Å². The predicted octanol–water partition coefficient (Wildman–Crippen LogP) is 3.70. The second-order valence-corrected chi connectivity index (χ2v) is 9.12. The maximum Gasteiger partial charge on any atom is 0.261 e. The molecular formula is C24H21ClFN5O2. The summed E-state index contributed by atoms with van der Waals surface area (Å²) in [7, 11) is 1.60. The van der Waals surface area contributed by atoms with Gasteiger partial charge in [-0.05, 0) is 36.8 Å². The molecule has 0 fully saturated rings. The monoisotopic (exact) mass is 465 g/mol. The van der Waals surface area contributed by atoms with Gasteiger partial charge in [0.05, 0.1) is 16.9 Å². The molecule has 1 aromatic carbocycles. The molecule has 4 heterocycles. The quantitative estimate of drug-likeness (QED) is 0.636. The van der Waals surface area contributed by atoms with Crippen LogP contribution in [0.1, 0.15) is 24.5 Å². The Hall–Kier alpha value is -3.52. The van der Waals surface area contributed by atoms with E-state index in [1.165, 1.54) is 23.2 Å². The van der Waals surface area contributed by atoms with Crippen LogP contribution in [-0.2, 0) is 16.8 Å². The zero-order chi connectivity index (χ0) is 23.4. The Kier molecular flexibility index (Phi) is 4.86. The number of nitrogens with zero attached hydrogens (tertiary/aromatic N) is 4. The minimum absolute atomic E-state index is 0.139. The number of benzene rings is 1. The number of hydrogen-bond donors (Lipinski definition) is 1. The van der Waals surface area contributed by atoms with Crippen molar-refractivity contribution in [2.45, 2.75) is 30.9 Å². The van der Waals surface area contributed by atoms with Crippen molar-refractivity contribution in [1.82, 2.24) is 14.9 Å². The van der Waals surface area contributed by atoms with Crippen LogP contribution in [0.3, 0.4) is 0 Å². The zero-order valence-corrected chi connectivity index (χ0v) is 18.8. The Morgan fingerprint density at radius 3 is 2.64 bits per heavy atom. The Bertz CT molecular complexity index is 1300. The molecule has 0 aliphatic carbocycles. The highest BCUT2D eigenvalue weighted by atomic mass is 35.5. The number of aliphatic imine (C=N–C) groups is 1. The number of likely N-dealkylation sites (N-methyl/N-ethyl adjacent to an activating group) is 1. The SMILES string of the molecule is CN1C(=O)C2(CC(C)(Cc3ccc(F)cc3)Oc3cnc(-c4cncc(Cl)c4)cc32)N=C1N. The van der Waals surface area contributed by atoms with Crippen LogP contribution in [0.4, 0.5) is 4.39 Å². The average molecular weight is 466 g/mol. The first-order valence-corrected chi connectivity index (χ1v) is 10.8. The number of guanidine groups is 1. The Labute approximate surface area is 195 Å². The molecule has 2 N–H and O–H groups in total. The molecule has 33 heavy (non-hydrogen) atoms. The van der Waals surface area contributed by atoms with Gasteiger partial charge in [-0.2, -0.15) is 0 Å². The van der Waals surface area contributed by atoms with Crippen molar-refractivity contribution in [3.63, 3.8) is 0 Å². The number of hydrogen-bond acceptors (Lipinski definition) is 6. The number of carbonyl (C=O) groups excluding carboxylic acids is 1. The summed E-state index contributed by atoms with van der Waals surface area (Å²) in [5.41, 5.74) is 6.77. The van der Waals surface area contributed by atoms with Gasteiger partial charge in [-0.3, -0.25) is 19.7 Å². The second-order valence-electron chi connectivity index (χ2n) is 8.68. The predicted molar refractivity (Wildman–Crippen MR) is 122 cm³/mol. The number of aromatic nitrogens is 2. The van der Waals surface area contributed by atoms with Gasteiger partial charge >= 0.3 is 0 Å². The Morgan fingerprint density at radius 1 is 1.21 bits per heavy atom. The van der Waals surface area contributed by atoms with Crippen LogP contribution in [0.2, 0.25) is 5.02 Å². The van der Waals surface area contributed by atoms with Crippen LogP contribution in [0, 0.1) is 5.82 Å². The highest BCUT2D eigenvalue weighted by Gasteiger charge is 2.56. The molecule has 2 atom stereocenters. The van der Waals surface area contributed by atoms with Gasteiger partial charge in [0.1, 0.15) is 17.2 Å². The summed E-state index contributed by atoms with van der Waals surface area (Å²) in [6.45, 7) is 1.91. The van der Waals surface area contributed by atoms with Crippen LogP contribution < -0.4 is 10.5 Å². The number of fused-ring (bicyclic) bond motifs is 2. The molecule has 0 saturated heterocycles. The van der Waals surface area contributed by atoms with E-state index in [-0.39, 0.29) is 24.1 Å². The highest BCUT2D eigenvalue weighted by molar-refractivity contribution is 6.30. The molecule has 2 unspecified atom stereocenters. The van der Waals surface area contributed by atoms with Gasteiger partial charge in [0.25, 0.3) is 5.91 Å². The topological polar surface area (TPSA) is 93.7 Å². The smallest absolute Gasteiger partial charge is 0.261 e. The standard InChI is InChI=1S/C24H21ClFN5O2/c1-23(9-14-3-5-17(26)6-4-14)13-24(21(32)31(2)22(27)30-24)18-8-19(29-12-20(18)33-23)15-7-16(25)11-28-10-15/h3-8,10-12H,9,13H2,1-2H3,(H2,27,30). The van der Waals surface area contributed by atoms with E-state index in [1.807, 2.05) is 6.92 Å². The van der Waals surface area contributed by atoms with Crippen LogP contribution in [0.5, 0.6) is 5.75 Å². The summed E-state index contributed by atoms with van der Waals surface area (Å²) in [6, 6.07) is 9.76. The van der Waals surface area contributed by atoms with Gasteiger partial charge in [0.15, 0.2) is 11.5 Å². The van der Waals surface area contributed by atoms with Crippen LogP contribution in [-0.4, -0.2) is 39.4 Å². The van der Waals surface area contributed by atoms with Crippen molar-refractivity contribution in [2.75, 3.05) is 7.05 Å². The van der Waals surface area contributed by atoms with Gasteiger partial charge in [0.2, 0.25) is 0 Å². The molecule has 0 saturated carbocycles. The number of halogens is 2. The molecule has 2 aromatic heterocycles. The first-order valence-electron chi connectivity index (χ1n) is 10.4. The maximum absolute atomic E-state index is 13.5. The van der Waals surface area contributed by atoms with E-state index in [1.54, 1.807) is 43.7 Å². The number of nitrogens with two attached hydrogens (primary N) is 1. The molecule has 0 radical (unpaired) electrons. The van der Waals surface area contributed by atoms with Gasteiger partial charge in [-0.15, -0.1) is 0 Å². The number of pyridine rings is 2. The van der Waals surface area contributed by atoms with Crippen molar-refractivity contribution in [2.24, 2.45) is 10.7 Å². The van der Waals surface area contributed by atoms with E-state index in [9.17, 15) is 9.18 Å².